The Morgan fingerprint density at radius 1 is 0.978 bits per heavy atom. The molecule has 12 heteroatoms. The Morgan fingerprint density at radius 2 is 1.74 bits per heavy atom. The van der Waals surface area contributed by atoms with Crippen molar-refractivity contribution in [3.05, 3.63) is 101 Å². The third-order valence-electron chi connectivity index (χ3n) is 7.86. The zero-order valence-electron chi connectivity index (χ0n) is 25.7. The fraction of sp³-hybridized carbons (Fsp3) is 0.206. The van der Waals surface area contributed by atoms with Crippen LogP contribution in [-0.2, 0) is 4.79 Å². The number of amides is 1. The number of halogens is 1. The van der Waals surface area contributed by atoms with Crippen LogP contribution in [0, 0.1) is 12.7 Å². The lowest BCUT2D eigenvalue weighted by Gasteiger charge is -2.34. The Bertz CT molecular complexity index is 2000. The summed E-state index contributed by atoms with van der Waals surface area (Å²) in [5.41, 5.74) is 3.77. The standard InChI is InChI=1S/C34H33FN8O3/c1-5-29(44)37-24-7-6-8-26(19-24)43-32-30(39-31(33(43)45)22-9-11-23(35)12-10-22)21(2)36-34(40-32)38-27-14-13-25(20-28(27)46-4)42-17-15-41(3)16-18-42/h5-14,19-20H,1,15-18H2,2-4H3,(H,37,44)(H,36,38,40). The third-order valence-corrected chi connectivity index (χ3v) is 7.86. The molecule has 0 atom stereocenters. The second kappa shape index (κ2) is 12.8. The lowest BCUT2D eigenvalue weighted by molar-refractivity contribution is -0.111. The average molecular weight is 621 g/mol. The fourth-order valence-electron chi connectivity index (χ4n) is 5.37. The van der Waals surface area contributed by atoms with Crippen LogP contribution in [0.15, 0.2) is 84.2 Å². The fourth-order valence-corrected chi connectivity index (χ4v) is 5.37. The minimum absolute atomic E-state index is 0.0987. The minimum Gasteiger partial charge on any atom is -0.494 e. The number of carbonyl (C=O) groups excluding carboxylic acids is 1. The van der Waals surface area contributed by atoms with Crippen LogP contribution in [0.25, 0.3) is 28.1 Å². The molecule has 1 amide bonds. The highest BCUT2D eigenvalue weighted by molar-refractivity contribution is 5.99. The first kappa shape index (κ1) is 30.4. The molecule has 0 saturated carbocycles. The molecule has 234 valence electrons. The van der Waals surface area contributed by atoms with Gasteiger partial charge in [0.25, 0.3) is 5.56 Å². The van der Waals surface area contributed by atoms with Crippen LogP contribution in [0.2, 0.25) is 0 Å². The van der Waals surface area contributed by atoms with Gasteiger partial charge >= 0.3 is 0 Å². The van der Waals surface area contributed by atoms with Crippen molar-refractivity contribution < 1.29 is 13.9 Å². The van der Waals surface area contributed by atoms with Gasteiger partial charge in [-0.25, -0.2) is 14.4 Å². The summed E-state index contributed by atoms with van der Waals surface area (Å²) in [6.07, 6.45) is 1.16. The van der Waals surface area contributed by atoms with Crippen LogP contribution in [-0.4, -0.2) is 70.7 Å². The quantitative estimate of drug-likeness (QED) is 0.233. The second-order valence-electron chi connectivity index (χ2n) is 11.0. The molecule has 3 heterocycles. The summed E-state index contributed by atoms with van der Waals surface area (Å²) in [5, 5.41) is 5.99. The Kier molecular flexibility index (Phi) is 8.45. The van der Waals surface area contributed by atoms with Crippen LogP contribution in [0.4, 0.5) is 27.4 Å². The summed E-state index contributed by atoms with van der Waals surface area (Å²) in [4.78, 5) is 44.9. The van der Waals surface area contributed by atoms with E-state index >= 15 is 0 Å². The molecule has 0 bridgehead atoms. The van der Waals surface area contributed by atoms with Crippen LogP contribution in [0.1, 0.15) is 5.69 Å². The van der Waals surface area contributed by atoms with Crippen molar-refractivity contribution >= 4 is 40.1 Å². The number of aryl methyl sites for hydroxylation is 1. The van der Waals surface area contributed by atoms with E-state index in [2.05, 4.69) is 44.0 Å². The number of likely N-dealkylation sites (N-methyl/N-ethyl adjacent to an activating group) is 1. The maximum Gasteiger partial charge on any atom is 0.283 e. The Labute approximate surface area is 265 Å². The van der Waals surface area contributed by atoms with Crippen molar-refractivity contribution in [3.8, 4) is 22.7 Å². The number of ether oxygens (including phenoxy) is 1. The van der Waals surface area contributed by atoms with Gasteiger partial charge < -0.3 is 25.2 Å². The van der Waals surface area contributed by atoms with E-state index in [0.717, 1.165) is 37.9 Å². The number of anilines is 4. The third kappa shape index (κ3) is 6.15. The number of fused-ring (bicyclic) bond motifs is 1. The number of nitrogens with one attached hydrogen (secondary N) is 2. The number of nitrogens with zero attached hydrogens (tertiary/aromatic N) is 6. The first-order valence-corrected chi connectivity index (χ1v) is 14.7. The molecule has 0 aliphatic carbocycles. The predicted octanol–water partition coefficient (Wildman–Crippen LogP) is 4.92. The molecule has 1 saturated heterocycles. The molecule has 1 fully saturated rings. The molecule has 1 aliphatic rings. The number of hydrogen-bond donors (Lipinski definition) is 2. The van der Waals surface area contributed by atoms with E-state index in [9.17, 15) is 14.0 Å². The molecular formula is C34H33FN8O3. The summed E-state index contributed by atoms with van der Waals surface area (Å²) in [6, 6.07) is 18.3. The van der Waals surface area contributed by atoms with Crippen molar-refractivity contribution in [3.63, 3.8) is 0 Å². The zero-order chi connectivity index (χ0) is 32.4. The van der Waals surface area contributed by atoms with Gasteiger partial charge in [-0.1, -0.05) is 12.6 Å². The van der Waals surface area contributed by atoms with Gasteiger partial charge in [-0.3, -0.25) is 14.2 Å². The smallest absolute Gasteiger partial charge is 0.283 e. The normalized spacial score (nSPS) is 13.4. The van der Waals surface area contributed by atoms with E-state index in [0.29, 0.717) is 39.6 Å². The highest BCUT2D eigenvalue weighted by Gasteiger charge is 2.21. The molecule has 46 heavy (non-hydrogen) atoms. The number of piperazine rings is 1. The van der Waals surface area contributed by atoms with Crippen molar-refractivity contribution in [1.82, 2.24) is 24.4 Å². The second-order valence-corrected chi connectivity index (χ2v) is 11.0. The van der Waals surface area contributed by atoms with E-state index in [1.54, 1.807) is 38.3 Å². The van der Waals surface area contributed by atoms with Crippen molar-refractivity contribution in [2.24, 2.45) is 0 Å². The Morgan fingerprint density at radius 3 is 2.46 bits per heavy atom. The van der Waals surface area contributed by atoms with Gasteiger partial charge in [0.2, 0.25) is 11.9 Å². The molecule has 1 aliphatic heterocycles. The van der Waals surface area contributed by atoms with Gasteiger partial charge in [-0.05, 0) is 74.6 Å². The Hall–Kier alpha value is -5.62. The molecule has 2 N–H and O–H groups in total. The number of benzene rings is 3. The topological polar surface area (TPSA) is 118 Å². The first-order valence-electron chi connectivity index (χ1n) is 14.7. The van der Waals surface area contributed by atoms with Gasteiger partial charge in [0.15, 0.2) is 5.65 Å². The van der Waals surface area contributed by atoms with E-state index in [-0.39, 0.29) is 17.3 Å². The number of hydrogen-bond acceptors (Lipinski definition) is 9. The zero-order valence-corrected chi connectivity index (χ0v) is 25.7. The lowest BCUT2D eigenvalue weighted by atomic mass is 10.1. The molecule has 0 radical (unpaired) electrons. The molecule has 11 nitrogen and oxygen atoms in total. The number of rotatable bonds is 8. The Balaban J connectivity index is 1.47. The van der Waals surface area contributed by atoms with Crippen LogP contribution in [0.5, 0.6) is 5.75 Å². The van der Waals surface area contributed by atoms with Gasteiger partial charge in [0, 0.05) is 49.2 Å². The summed E-state index contributed by atoms with van der Waals surface area (Å²) in [7, 11) is 3.73. The predicted molar refractivity (Wildman–Crippen MR) is 178 cm³/mol. The number of carbonyl (C=O) groups is 1. The van der Waals surface area contributed by atoms with Gasteiger partial charge in [0.1, 0.15) is 22.8 Å². The molecule has 2 aromatic heterocycles. The highest BCUT2D eigenvalue weighted by atomic mass is 19.1. The van der Waals surface area contributed by atoms with Gasteiger partial charge in [-0.15, -0.1) is 0 Å². The SMILES string of the molecule is C=CC(=O)Nc1cccc(-n2c(=O)c(-c3ccc(F)cc3)nc3c(C)nc(Nc4ccc(N5CCN(C)CC5)cc4OC)nc32)c1. The molecule has 0 spiro atoms. The summed E-state index contributed by atoms with van der Waals surface area (Å²) in [6.45, 7) is 9.08. The number of methoxy groups -OCH3 is 1. The molecule has 0 unspecified atom stereocenters. The van der Waals surface area contributed by atoms with Gasteiger partial charge in [0.05, 0.1) is 24.2 Å². The maximum absolute atomic E-state index is 14.1. The van der Waals surface area contributed by atoms with Crippen LogP contribution in [0.3, 0.4) is 0 Å². The summed E-state index contributed by atoms with van der Waals surface area (Å²) < 4.78 is 20.9. The molecular weight excluding hydrogens is 587 g/mol. The van der Waals surface area contributed by atoms with E-state index in [1.165, 1.54) is 28.8 Å². The van der Waals surface area contributed by atoms with Crippen LogP contribution >= 0.6 is 0 Å². The molecule has 6 rings (SSSR count). The molecule has 3 aromatic carbocycles. The van der Waals surface area contributed by atoms with Crippen LogP contribution < -0.4 is 25.8 Å². The summed E-state index contributed by atoms with van der Waals surface area (Å²) >= 11 is 0. The largest absolute Gasteiger partial charge is 0.494 e. The monoisotopic (exact) mass is 620 g/mol. The van der Waals surface area contributed by atoms with Crippen molar-refractivity contribution in [2.45, 2.75) is 6.92 Å². The van der Waals surface area contributed by atoms with E-state index in [4.69, 9.17) is 9.72 Å². The first-order chi connectivity index (χ1) is 22.2. The van der Waals surface area contributed by atoms with Crippen molar-refractivity contribution in [2.75, 3.05) is 55.9 Å². The highest BCUT2D eigenvalue weighted by Crippen LogP contribution is 2.33. The average Bonchev–Trinajstić information content (AvgIpc) is 3.05. The van der Waals surface area contributed by atoms with Crippen molar-refractivity contribution in [1.29, 1.82) is 0 Å². The lowest BCUT2D eigenvalue weighted by Crippen LogP contribution is -2.44. The van der Waals surface area contributed by atoms with E-state index < -0.39 is 17.3 Å². The summed E-state index contributed by atoms with van der Waals surface area (Å²) in [5.74, 6) is 0.0212. The van der Waals surface area contributed by atoms with E-state index in [1.807, 2.05) is 18.2 Å². The molecule has 5 aromatic rings. The number of aromatic nitrogens is 4. The van der Waals surface area contributed by atoms with Gasteiger partial charge in [-0.2, -0.15) is 4.98 Å². The maximum atomic E-state index is 14.1. The minimum atomic E-state index is -0.482.